The zero-order valence-corrected chi connectivity index (χ0v) is 17.1. The molecule has 4 nitrogen and oxygen atoms in total. The number of hydrogen-bond acceptors (Lipinski definition) is 3. The van der Waals surface area contributed by atoms with Crippen molar-refractivity contribution in [2.75, 3.05) is 10.6 Å². The van der Waals surface area contributed by atoms with Gasteiger partial charge < -0.3 is 10.6 Å². The maximum absolute atomic E-state index is 6.15. The van der Waals surface area contributed by atoms with Crippen LogP contribution < -0.4 is 10.6 Å². The molecule has 0 fully saturated rings. The molecular weight excluding hydrogens is 436 g/mol. The van der Waals surface area contributed by atoms with Gasteiger partial charge in [-0.25, -0.2) is 0 Å². The third-order valence-electron chi connectivity index (χ3n) is 5.91. The van der Waals surface area contributed by atoms with Crippen molar-refractivity contribution < 1.29 is 0 Å². The minimum atomic E-state index is 0.137. The lowest BCUT2D eigenvalue weighted by Crippen LogP contribution is -2.30. The number of fused-ring (bicyclic) bond motifs is 7. The number of rotatable bonds is 1. The molecule has 0 amide bonds. The second kappa shape index (κ2) is 6.00. The van der Waals surface area contributed by atoms with Crippen molar-refractivity contribution in [2.24, 2.45) is 0 Å². The number of nitrogens with zero attached hydrogens (tertiary/aromatic N) is 1. The van der Waals surface area contributed by atoms with E-state index < -0.39 is 0 Å². The van der Waals surface area contributed by atoms with E-state index in [0.29, 0.717) is 0 Å². The lowest BCUT2D eigenvalue weighted by atomic mass is 9.77. The fourth-order valence-corrected chi connectivity index (χ4v) is 5.21. The summed E-state index contributed by atoms with van der Waals surface area (Å²) in [4.78, 5) is 0. The zero-order valence-electron chi connectivity index (χ0n) is 14.7. The van der Waals surface area contributed by atoms with Crippen LogP contribution in [0.4, 0.5) is 11.4 Å². The quantitative estimate of drug-likeness (QED) is 0.314. The van der Waals surface area contributed by atoms with Crippen molar-refractivity contribution in [3.8, 4) is 0 Å². The van der Waals surface area contributed by atoms with Gasteiger partial charge in [-0.05, 0) is 53.6 Å². The molecule has 2 aliphatic heterocycles. The monoisotopic (exact) mass is 450 g/mol. The Labute approximate surface area is 175 Å². The van der Waals surface area contributed by atoms with E-state index in [0.717, 1.165) is 26.1 Å². The van der Waals surface area contributed by atoms with Crippen molar-refractivity contribution in [3.63, 3.8) is 0 Å². The molecule has 28 heavy (non-hydrogen) atoms. The van der Waals surface area contributed by atoms with Gasteiger partial charge >= 0.3 is 0 Å². The first kappa shape index (κ1) is 16.5. The number of aromatic nitrogens is 2. The highest BCUT2D eigenvalue weighted by molar-refractivity contribution is 9.10. The summed E-state index contributed by atoms with van der Waals surface area (Å²) in [6.07, 6.45) is 1.88. The average Bonchev–Trinajstić information content (AvgIpc) is 3.32. The van der Waals surface area contributed by atoms with Gasteiger partial charge in [0, 0.05) is 37.7 Å². The number of halogens is 2. The topological polar surface area (TPSA) is 52.7 Å². The van der Waals surface area contributed by atoms with E-state index in [4.69, 9.17) is 11.6 Å². The van der Waals surface area contributed by atoms with Crippen molar-refractivity contribution in [1.82, 2.24) is 10.2 Å². The lowest BCUT2D eigenvalue weighted by Gasteiger charge is -2.38. The Kier molecular flexibility index (Phi) is 3.52. The SMILES string of the molecule is Clc1ccc([C@@H]2Nc3ccc4cn[nH]c4c3[C@H]3Nc4ccc(Br)cc4[C@H]32)cc1. The number of anilines is 2. The molecule has 0 saturated carbocycles. The number of nitrogens with one attached hydrogen (secondary N) is 3. The van der Waals surface area contributed by atoms with Gasteiger partial charge in [0.05, 0.1) is 23.8 Å². The van der Waals surface area contributed by atoms with E-state index in [9.17, 15) is 0 Å². The van der Waals surface area contributed by atoms with Gasteiger partial charge in [-0.1, -0.05) is 39.7 Å². The summed E-state index contributed by atoms with van der Waals surface area (Å²) in [7, 11) is 0. The van der Waals surface area contributed by atoms with Gasteiger partial charge in [0.15, 0.2) is 0 Å². The van der Waals surface area contributed by atoms with E-state index in [-0.39, 0.29) is 18.0 Å². The van der Waals surface area contributed by atoms with Crippen molar-refractivity contribution >= 4 is 49.8 Å². The molecule has 0 radical (unpaired) electrons. The van der Waals surface area contributed by atoms with E-state index in [2.05, 4.69) is 79.2 Å². The molecule has 1 aromatic heterocycles. The third kappa shape index (κ3) is 2.33. The van der Waals surface area contributed by atoms with Gasteiger partial charge in [0.1, 0.15) is 0 Å². The van der Waals surface area contributed by atoms with Crippen LogP contribution >= 0.6 is 27.5 Å². The molecule has 3 atom stereocenters. The van der Waals surface area contributed by atoms with Gasteiger partial charge in [-0.15, -0.1) is 0 Å². The van der Waals surface area contributed by atoms with Crippen LogP contribution in [0.2, 0.25) is 5.02 Å². The molecular formula is C22H16BrClN4. The minimum absolute atomic E-state index is 0.137. The molecule has 3 aromatic carbocycles. The Morgan fingerprint density at radius 1 is 0.893 bits per heavy atom. The Balaban J connectivity index is 1.59. The Morgan fingerprint density at radius 2 is 1.68 bits per heavy atom. The molecule has 0 bridgehead atoms. The van der Waals surface area contributed by atoms with E-state index in [1.165, 1.54) is 22.4 Å². The maximum Gasteiger partial charge on any atom is 0.0723 e. The Bertz CT molecular complexity index is 1220. The summed E-state index contributed by atoms with van der Waals surface area (Å²) in [5.74, 6) is 0.245. The molecule has 4 aromatic rings. The first-order chi connectivity index (χ1) is 13.7. The number of benzene rings is 3. The predicted octanol–water partition coefficient (Wildman–Crippen LogP) is 6.40. The fraction of sp³-hybridized carbons (Fsp3) is 0.136. The van der Waals surface area contributed by atoms with Crippen molar-refractivity contribution in [1.29, 1.82) is 0 Å². The minimum Gasteiger partial charge on any atom is -0.377 e. The summed E-state index contributed by atoms with van der Waals surface area (Å²) in [5, 5.41) is 16.9. The molecule has 2 aliphatic rings. The van der Waals surface area contributed by atoms with Gasteiger partial charge in [-0.2, -0.15) is 5.10 Å². The molecule has 0 spiro atoms. The molecule has 138 valence electrons. The lowest BCUT2D eigenvalue weighted by molar-refractivity contribution is 0.522. The molecule has 0 aliphatic carbocycles. The van der Waals surface area contributed by atoms with E-state index in [1.807, 2.05) is 18.3 Å². The second-order valence-corrected chi connectivity index (χ2v) is 8.77. The fourth-order valence-electron chi connectivity index (χ4n) is 4.70. The van der Waals surface area contributed by atoms with E-state index in [1.54, 1.807) is 0 Å². The average molecular weight is 452 g/mol. The van der Waals surface area contributed by atoms with Crippen LogP contribution in [0.5, 0.6) is 0 Å². The number of aromatic amines is 1. The second-order valence-electron chi connectivity index (χ2n) is 7.41. The summed E-state index contributed by atoms with van der Waals surface area (Å²) in [5.41, 5.74) is 7.20. The summed E-state index contributed by atoms with van der Waals surface area (Å²) in [6.45, 7) is 0. The molecule has 6 heteroatoms. The highest BCUT2D eigenvalue weighted by Crippen LogP contribution is 2.57. The molecule has 0 saturated heterocycles. The highest BCUT2D eigenvalue weighted by atomic mass is 79.9. The van der Waals surface area contributed by atoms with Gasteiger partial charge in [0.2, 0.25) is 0 Å². The molecule has 6 rings (SSSR count). The Morgan fingerprint density at radius 3 is 2.54 bits per heavy atom. The Hall–Kier alpha value is -2.50. The summed E-state index contributed by atoms with van der Waals surface area (Å²) < 4.78 is 1.09. The van der Waals surface area contributed by atoms with Crippen LogP contribution in [0, 0.1) is 0 Å². The standard InChI is InChI=1S/C22H16BrClN4/c23-13-4-8-16-15(9-13)18-20(11-1-5-14(24)6-2-11)27-17-7-3-12-10-25-28-21(12)19(17)22(18)26-16/h1-10,18,20,22,26-27H,(H,25,28)/t18-,20-,22-/m0/s1. The summed E-state index contributed by atoms with van der Waals surface area (Å²) >= 11 is 9.80. The molecule has 0 unspecified atom stereocenters. The molecule has 3 N–H and O–H groups in total. The van der Waals surface area contributed by atoms with Crippen LogP contribution in [-0.2, 0) is 0 Å². The third-order valence-corrected chi connectivity index (χ3v) is 6.66. The first-order valence-electron chi connectivity index (χ1n) is 9.23. The normalized spacial score (nSPS) is 22.1. The van der Waals surface area contributed by atoms with Crippen LogP contribution in [0.15, 0.2) is 65.3 Å². The number of H-pyrrole nitrogens is 1. The van der Waals surface area contributed by atoms with E-state index >= 15 is 0 Å². The van der Waals surface area contributed by atoms with Crippen LogP contribution in [0.25, 0.3) is 10.9 Å². The molecule has 3 heterocycles. The number of hydrogen-bond donors (Lipinski definition) is 3. The smallest absolute Gasteiger partial charge is 0.0723 e. The summed E-state index contributed by atoms with van der Waals surface area (Å²) in [6, 6.07) is 19.2. The first-order valence-corrected chi connectivity index (χ1v) is 10.4. The maximum atomic E-state index is 6.15. The zero-order chi connectivity index (χ0) is 18.8. The van der Waals surface area contributed by atoms with Gasteiger partial charge in [0.25, 0.3) is 0 Å². The largest absolute Gasteiger partial charge is 0.377 e. The van der Waals surface area contributed by atoms with Crippen molar-refractivity contribution in [2.45, 2.75) is 18.0 Å². The van der Waals surface area contributed by atoms with Crippen LogP contribution in [-0.4, -0.2) is 10.2 Å². The van der Waals surface area contributed by atoms with Crippen LogP contribution in [0.3, 0.4) is 0 Å². The van der Waals surface area contributed by atoms with Gasteiger partial charge in [-0.3, -0.25) is 5.10 Å². The highest BCUT2D eigenvalue weighted by Gasteiger charge is 2.44. The predicted molar refractivity (Wildman–Crippen MR) is 117 cm³/mol. The van der Waals surface area contributed by atoms with Crippen molar-refractivity contribution in [3.05, 3.63) is 87.0 Å². The van der Waals surface area contributed by atoms with Crippen LogP contribution in [0.1, 0.15) is 34.7 Å².